The Morgan fingerprint density at radius 3 is 2.40 bits per heavy atom. The highest BCUT2D eigenvalue weighted by atomic mass is 35.5. The molecular weight excluding hydrogens is 282 g/mol. The molecular formula is C13H18ClN3O3. The van der Waals surface area contributed by atoms with Crippen molar-refractivity contribution >= 4 is 23.5 Å². The minimum atomic E-state index is -1.08. The molecule has 1 aromatic rings. The van der Waals surface area contributed by atoms with Gasteiger partial charge in [0.2, 0.25) is 0 Å². The Balaban J connectivity index is 3.17. The average molecular weight is 300 g/mol. The van der Waals surface area contributed by atoms with Crippen LogP contribution in [0.15, 0.2) is 6.20 Å². The third-order valence-corrected chi connectivity index (χ3v) is 2.95. The highest BCUT2D eigenvalue weighted by molar-refractivity contribution is 6.33. The number of hydrogen-bond acceptors (Lipinski definition) is 4. The molecule has 1 N–H and O–H groups in total. The van der Waals surface area contributed by atoms with Crippen LogP contribution in [0, 0.1) is 0 Å². The van der Waals surface area contributed by atoms with Crippen molar-refractivity contribution in [3.63, 3.8) is 0 Å². The van der Waals surface area contributed by atoms with E-state index in [2.05, 4.69) is 9.97 Å². The number of halogens is 1. The van der Waals surface area contributed by atoms with E-state index in [1.165, 1.54) is 11.1 Å². The lowest BCUT2D eigenvalue weighted by molar-refractivity contribution is -0.138. The van der Waals surface area contributed by atoms with E-state index < -0.39 is 18.4 Å². The number of amides is 1. The number of carbonyl (C=O) groups is 2. The maximum Gasteiger partial charge on any atom is 0.323 e. The standard InChI is InChI=1S/C13H18ClN3O3/c1-7(2)12-15-5-9(14)11(16-12)13(20)17(8(3)4)6-10(18)19/h5,7-8H,6H2,1-4H3,(H,18,19). The summed E-state index contributed by atoms with van der Waals surface area (Å²) >= 11 is 5.96. The summed E-state index contributed by atoms with van der Waals surface area (Å²) in [6, 6.07) is -0.271. The molecule has 0 saturated carbocycles. The summed E-state index contributed by atoms with van der Waals surface area (Å²) in [4.78, 5) is 32.7. The number of carboxylic acids is 1. The largest absolute Gasteiger partial charge is 0.480 e. The van der Waals surface area contributed by atoms with Crippen molar-refractivity contribution < 1.29 is 14.7 Å². The third kappa shape index (κ3) is 3.90. The molecule has 0 radical (unpaired) electrons. The van der Waals surface area contributed by atoms with E-state index >= 15 is 0 Å². The topological polar surface area (TPSA) is 83.4 Å². The second-order valence-corrected chi connectivity index (χ2v) is 5.41. The van der Waals surface area contributed by atoms with E-state index in [9.17, 15) is 9.59 Å². The SMILES string of the molecule is CC(C)c1ncc(Cl)c(C(=O)N(CC(=O)O)C(C)C)n1. The Kier molecular flexibility index (Phi) is 5.44. The number of hydrogen-bond donors (Lipinski definition) is 1. The Morgan fingerprint density at radius 1 is 1.35 bits per heavy atom. The average Bonchev–Trinajstić information content (AvgIpc) is 2.34. The van der Waals surface area contributed by atoms with Gasteiger partial charge in [0.1, 0.15) is 12.4 Å². The molecule has 0 aliphatic carbocycles. The molecule has 0 fully saturated rings. The normalized spacial score (nSPS) is 10.9. The molecule has 0 aliphatic heterocycles. The summed E-state index contributed by atoms with van der Waals surface area (Å²) in [5, 5.41) is 9.00. The summed E-state index contributed by atoms with van der Waals surface area (Å²) in [5.74, 6) is -1.04. The zero-order chi connectivity index (χ0) is 15.4. The molecule has 1 heterocycles. The van der Waals surface area contributed by atoms with Crippen molar-refractivity contribution in [3.8, 4) is 0 Å². The molecule has 1 aromatic heterocycles. The predicted octanol–water partition coefficient (Wildman–Crippen LogP) is 2.19. The van der Waals surface area contributed by atoms with Gasteiger partial charge in [-0.15, -0.1) is 0 Å². The van der Waals surface area contributed by atoms with Gasteiger partial charge < -0.3 is 10.0 Å². The second-order valence-electron chi connectivity index (χ2n) is 5.00. The van der Waals surface area contributed by atoms with E-state index in [4.69, 9.17) is 16.7 Å². The van der Waals surface area contributed by atoms with Crippen LogP contribution in [0.3, 0.4) is 0 Å². The fourth-order valence-electron chi connectivity index (χ4n) is 1.58. The summed E-state index contributed by atoms with van der Waals surface area (Å²) in [6.45, 7) is 6.87. The smallest absolute Gasteiger partial charge is 0.323 e. The molecule has 7 heteroatoms. The van der Waals surface area contributed by atoms with Gasteiger partial charge in [-0.05, 0) is 13.8 Å². The molecule has 0 spiro atoms. The molecule has 0 aromatic carbocycles. The van der Waals surface area contributed by atoms with Gasteiger partial charge in [-0.2, -0.15) is 0 Å². The molecule has 20 heavy (non-hydrogen) atoms. The minimum absolute atomic E-state index is 0.0420. The number of aliphatic carboxylic acids is 1. The third-order valence-electron chi connectivity index (χ3n) is 2.67. The minimum Gasteiger partial charge on any atom is -0.480 e. The first-order valence-electron chi connectivity index (χ1n) is 6.29. The van der Waals surface area contributed by atoms with Crippen LogP contribution in [0.4, 0.5) is 0 Å². The maximum atomic E-state index is 12.4. The van der Waals surface area contributed by atoms with E-state index in [-0.39, 0.29) is 22.7 Å². The van der Waals surface area contributed by atoms with Crippen LogP contribution in [-0.2, 0) is 4.79 Å². The molecule has 0 atom stereocenters. The van der Waals surface area contributed by atoms with Crippen LogP contribution >= 0.6 is 11.6 Å². The second kappa shape index (κ2) is 6.65. The quantitative estimate of drug-likeness (QED) is 0.901. The van der Waals surface area contributed by atoms with E-state index in [0.717, 1.165) is 0 Å². The van der Waals surface area contributed by atoms with Gasteiger partial charge in [-0.25, -0.2) is 9.97 Å². The summed E-state index contributed by atoms with van der Waals surface area (Å²) in [7, 11) is 0. The van der Waals surface area contributed by atoms with E-state index in [1.807, 2.05) is 13.8 Å². The highest BCUT2D eigenvalue weighted by Gasteiger charge is 2.25. The van der Waals surface area contributed by atoms with Crippen LogP contribution < -0.4 is 0 Å². The zero-order valence-corrected chi connectivity index (χ0v) is 12.7. The van der Waals surface area contributed by atoms with Gasteiger partial charge in [0.25, 0.3) is 5.91 Å². The first-order valence-corrected chi connectivity index (χ1v) is 6.67. The molecule has 0 bridgehead atoms. The highest BCUT2D eigenvalue weighted by Crippen LogP contribution is 2.18. The molecule has 0 saturated heterocycles. The molecule has 0 unspecified atom stereocenters. The first-order chi connectivity index (χ1) is 9.23. The van der Waals surface area contributed by atoms with E-state index in [1.54, 1.807) is 13.8 Å². The molecule has 6 nitrogen and oxygen atoms in total. The van der Waals surface area contributed by atoms with Gasteiger partial charge in [-0.3, -0.25) is 9.59 Å². The van der Waals surface area contributed by atoms with Crippen molar-refractivity contribution in [3.05, 3.63) is 22.7 Å². The van der Waals surface area contributed by atoms with Crippen molar-refractivity contribution in [2.45, 2.75) is 39.7 Å². The molecule has 1 amide bonds. The van der Waals surface area contributed by atoms with Crippen molar-refractivity contribution in [2.75, 3.05) is 6.54 Å². The van der Waals surface area contributed by atoms with E-state index in [0.29, 0.717) is 5.82 Å². The summed E-state index contributed by atoms with van der Waals surface area (Å²) in [6.07, 6.45) is 1.37. The van der Waals surface area contributed by atoms with Gasteiger partial charge >= 0.3 is 5.97 Å². The summed E-state index contributed by atoms with van der Waals surface area (Å²) in [5.41, 5.74) is 0.0420. The zero-order valence-electron chi connectivity index (χ0n) is 11.9. The number of carbonyl (C=O) groups excluding carboxylic acids is 1. The van der Waals surface area contributed by atoms with Crippen molar-refractivity contribution in [1.82, 2.24) is 14.9 Å². The molecule has 1 rings (SSSR count). The van der Waals surface area contributed by atoms with Crippen LogP contribution in [-0.4, -0.2) is 44.4 Å². The number of rotatable bonds is 5. The maximum absolute atomic E-state index is 12.4. The molecule has 110 valence electrons. The fourth-order valence-corrected chi connectivity index (χ4v) is 1.75. The lowest BCUT2D eigenvalue weighted by atomic mass is 10.2. The lowest BCUT2D eigenvalue weighted by Gasteiger charge is -2.25. The van der Waals surface area contributed by atoms with Crippen LogP contribution in [0.1, 0.15) is 49.9 Å². The van der Waals surface area contributed by atoms with Gasteiger partial charge in [0.15, 0.2) is 5.69 Å². The van der Waals surface area contributed by atoms with Crippen molar-refractivity contribution in [1.29, 1.82) is 0 Å². The first kappa shape index (κ1) is 16.4. The van der Waals surface area contributed by atoms with Crippen LogP contribution in [0.2, 0.25) is 5.02 Å². The van der Waals surface area contributed by atoms with Crippen molar-refractivity contribution in [2.24, 2.45) is 0 Å². The Morgan fingerprint density at radius 2 is 1.95 bits per heavy atom. The number of carboxylic acid groups (broad SMARTS) is 1. The number of nitrogens with zero attached hydrogens (tertiary/aromatic N) is 3. The summed E-state index contributed by atoms with van der Waals surface area (Å²) < 4.78 is 0. The predicted molar refractivity (Wildman–Crippen MR) is 74.9 cm³/mol. The Labute approximate surface area is 122 Å². The monoisotopic (exact) mass is 299 g/mol. The Bertz CT molecular complexity index is 518. The fraction of sp³-hybridized carbons (Fsp3) is 0.538. The van der Waals surface area contributed by atoms with Crippen LogP contribution in [0.5, 0.6) is 0 Å². The Hall–Kier alpha value is -1.69. The van der Waals surface area contributed by atoms with Gasteiger partial charge in [-0.1, -0.05) is 25.4 Å². The lowest BCUT2D eigenvalue weighted by Crippen LogP contribution is -2.41. The molecule has 0 aliphatic rings. The number of aromatic nitrogens is 2. The van der Waals surface area contributed by atoms with Gasteiger partial charge in [0.05, 0.1) is 11.2 Å². The van der Waals surface area contributed by atoms with Crippen LogP contribution in [0.25, 0.3) is 0 Å². The van der Waals surface area contributed by atoms with Gasteiger partial charge in [0, 0.05) is 12.0 Å².